The first-order chi connectivity index (χ1) is 10.0. The predicted octanol–water partition coefficient (Wildman–Crippen LogP) is 4.64. The number of halogens is 3. The lowest BCUT2D eigenvalue weighted by Crippen LogP contribution is -2.19. The van der Waals surface area contributed by atoms with Crippen LogP contribution in [0.3, 0.4) is 0 Å². The number of carbonyl (C=O) groups excluding carboxylic acids is 1. The number of hydrogen-bond acceptors (Lipinski definition) is 1. The first-order valence-corrected chi connectivity index (χ1v) is 8.08. The molecule has 0 radical (unpaired) electrons. The van der Waals surface area contributed by atoms with Crippen molar-refractivity contribution < 1.29 is 9.18 Å². The maximum Gasteiger partial charge on any atom is 0.224 e. The smallest absolute Gasteiger partial charge is 0.224 e. The fourth-order valence-corrected chi connectivity index (χ4v) is 3.33. The summed E-state index contributed by atoms with van der Waals surface area (Å²) in [5, 5.41) is 2.15. The van der Waals surface area contributed by atoms with E-state index in [0.717, 1.165) is 14.7 Å². The fraction of sp³-hybridized carbons (Fsp3) is 0.188. The normalized spacial score (nSPS) is 15.3. The molecule has 3 rings (SSSR count). The van der Waals surface area contributed by atoms with Crippen LogP contribution in [-0.2, 0) is 11.2 Å². The van der Waals surface area contributed by atoms with Gasteiger partial charge in [-0.25, -0.2) is 4.39 Å². The molecule has 0 aromatic heterocycles. The summed E-state index contributed by atoms with van der Waals surface area (Å²) in [6.07, 6.45) is 1.04. The molecule has 1 amide bonds. The van der Waals surface area contributed by atoms with E-state index in [1.54, 1.807) is 6.07 Å². The van der Waals surface area contributed by atoms with Gasteiger partial charge in [0.15, 0.2) is 0 Å². The Kier molecular flexibility index (Phi) is 4.17. The van der Waals surface area contributed by atoms with Crippen molar-refractivity contribution in [3.8, 4) is 0 Å². The maximum absolute atomic E-state index is 14.3. The molecule has 0 fully saturated rings. The van der Waals surface area contributed by atoms with Crippen LogP contribution >= 0.6 is 34.2 Å². The average Bonchev–Trinajstić information content (AvgIpc) is 2.45. The van der Waals surface area contributed by atoms with Gasteiger partial charge in [-0.3, -0.25) is 4.79 Å². The van der Waals surface area contributed by atoms with Gasteiger partial charge in [-0.2, -0.15) is 0 Å². The van der Waals surface area contributed by atoms with Gasteiger partial charge in [-0.1, -0.05) is 12.1 Å². The highest BCUT2D eigenvalue weighted by Gasteiger charge is 2.21. The predicted molar refractivity (Wildman–Crippen MR) is 90.2 cm³/mol. The van der Waals surface area contributed by atoms with Crippen molar-refractivity contribution in [2.75, 3.05) is 5.32 Å². The van der Waals surface area contributed by atoms with E-state index in [4.69, 9.17) is 11.6 Å². The number of alkyl halides is 1. The summed E-state index contributed by atoms with van der Waals surface area (Å²) in [5.41, 5.74) is 2.80. The highest BCUT2D eigenvalue weighted by Crippen LogP contribution is 2.35. The molecule has 2 aromatic carbocycles. The average molecular weight is 416 g/mol. The van der Waals surface area contributed by atoms with Crippen LogP contribution in [0.15, 0.2) is 36.4 Å². The second-order valence-corrected chi connectivity index (χ2v) is 6.68. The van der Waals surface area contributed by atoms with Crippen molar-refractivity contribution in [2.24, 2.45) is 0 Å². The highest BCUT2D eigenvalue weighted by atomic mass is 127. The van der Waals surface area contributed by atoms with Crippen molar-refractivity contribution in [3.63, 3.8) is 0 Å². The number of amides is 1. The summed E-state index contributed by atoms with van der Waals surface area (Å²) in [4.78, 5) is 11.4. The molecule has 0 saturated carbocycles. The molecule has 1 heterocycles. The molecular formula is C16H12ClFINO. The van der Waals surface area contributed by atoms with E-state index in [1.807, 2.05) is 24.3 Å². The van der Waals surface area contributed by atoms with Crippen LogP contribution in [0.2, 0.25) is 0 Å². The zero-order chi connectivity index (χ0) is 15.0. The third-order valence-corrected chi connectivity index (χ3v) is 4.69. The Balaban J connectivity index is 2.01. The Labute approximate surface area is 140 Å². The van der Waals surface area contributed by atoms with Crippen LogP contribution < -0.4 is 5.32 Å². The van der Waals surface area contributed by atoms with Crippen LogP contribution in [0, 0.1) is 9.39 Å². The number of benzene rings is 2. The van der Waals surface area contributed by atoms with Crippen molar-refractivity contribution in [3.05, 3.63) is 62.5 Å². The molecule has 1 aliphatic heterocycles. The molecule has 108 valence electrons. The van der Waals surface area contributed by atoms with E-state index in [2.05, 4.69) is 27.9 Å². The first kappa shape index (κ1) is 14.8. The quantitative estimate of drug-likeness (QED) is 0.562. The van der Waals surface area contributed by atoms with Crippen molar-refractivity contribution in [1.29, 1.82) is 0 Å². The molecule has 2 nitrogen and oxygen atoms in total. The van der Waals surface area contributed by atoms with Crippen LogP contribution in [0.4, 0.5) is 10.1 Å². The molecule has 0 saturated heterocycles. The van der Waals surface area contributed by atoms with Gasteiger partial charge in [0.05, 0.1) is 5.38 Å². The lowest BCUT2D eigenvalue weighted by Gasteiger charge is -2.20. The zero-order valence-corrected chi connectivity index (χ0v) is 13.9. The second kappa shape index (κ2) is 5.93. The number of fused-ring (bicyclic) bond motifs is 1. The molecule has 0 spiro atoms. The molecule has 1 atom stereocenters. The number of anilines is 1. The molecule has 1 aliphatic rings. The van der Waals surface area contributed by atoms with Gasteiger partial charge in [0.25, 0.3) is 0 Å². The second-order valence-electron chi connectivity index (χ2n) is 5.00. The zero-order valence-electron chi connectivity index (χ0n) is 11.0. The van der Waals surface area contributed by atoms with Crippen LogP contribution in [-0.4, -0.2) is 5.91 Å². The van der Waals surface area contributed by atoms with Gasteiger partial charge in [0.2, 0.25) is 5.91 Å². The monoisotopic (exact) mass is 415 g/mol. The van der Waals surface area contributed by atoms with E-state index >= 15 is 0 Å². The lowest BCUT2D eigenvalue weighted by atomic mass is 9.96. The first-order valence-electron chi connectivity index (χ1n) is 6.56. The van der Waals surface area contributed by atoms with E-state index in [9.17, 15) is 9.18 Å². The Morgan fingerprint density at radius 3 is 2.81 bits per heavy atom. The molecule has 5 heteroatoms. The molecule has 0 bridgehead atoms. The van der Waals surface area contributed by atoms with E-state index < -0.39 is 11.2 Å². The van der Waals surface area contributed by atoms with Crippen molar-refractivity contribution in [1.82, 2.24) is 0 Å². The van der Waals surface area contributed by atoms with Crippen molar-refractivity contribution in [2.45, 2.75) is 18.2 Å². The van der Waals surface area contributed by atoms with Gasteiger partial charge < -0.3 is 5.32 Å². The number of aryl methyl sites for hydroxylation is 1. The van der Waals surface area contributed by atoms with Gasteiger partial charge >= 0.3 is 0 Å². The summed E-state index contributed by atoms with van der Waals surface area (Å²) >= 11 is 8.65. The molecule has 2 aromatic rings. The number of hydrogen-bond donors (Lipinski definition) is 1. The molecule has 21 heavy (non-hydrogen) atoms. The number of nitrogens with one attached hydrogen (secondary N) is 1. The Morgan fingerprint density at radius 2 is 2.05 bits per heavy atom. The summed E-state index contributed by atoms with van der Waals surface area (Å²) in [6, 6.07) is 10.8. The molecule has 1 unspecified atom stereocenters. The van der Waals surface area contributed by atoms with Crippen molar-refractivity contribution >= 4 is 45.8 Å². The van der Waals surface area contributed by atoms with E-state index in [0.29, 0.717) is 24.1 Å². The molecule has 0 aliphatic carbocycles. The lowest BCUT2D eigenvalue weighted by molar-refractivity contribution is -0.116. The van der Waals surface area contributed by atoms with Gasteiger partial charge in [0, 0.05) is 21.2 Å². The van der Waals surface area contributed by atoms with Crippen LogP contribution in [0.25, 0.3) is 0 Å². The maximum atomic E-state index is 14.3. The fourth-order valence-electron chi connectivity index (χ4n) is 2.46. The number of rotatable bonds is 2. The number of carbonyl (C=O) groups is 1. The van der Waals surface area contributed by atoms with Gasteiger partial charge in [0.1, 0.15) is 5.82 Å². The highest BCUT2D eigenvalue weighted by molar-refractivity contribution is 14.1. The van der Waals surface area contributed by atoms with Crippen LogP contribution in [0.5, 0.6) is 0 Å². The minimum atomic E-state index is -0.539. The standard InChI is InChI=1S/C16H12ClFINO/c17-16(10-2-1-3-11(19)6-10)12-7-9-4-5-15(21)20-14(9)8-13(12)18/h1-3,6-8,16H,4-5H2,(H,20,21). The Morgan fingerprint density at radius 1 is 1.24 bits per heavy atom. The largest absolute Gasteiger partial charge is 0.326 e. The van der Waals surface area contributed by atoms with E-state index in [-0.39, 0.29) is 5.91 Å². The summed E-state index contributed by atoms with van der Waals surface area (Å²) < 4.78 is 15.4. The third kappa shape index (κ3) is 3.06. The minimum Gasteiger partial charge on any atom is -0.326 e. The Bertz CT molecular complexity index is 719. The third-order valence-electron chi connectivity index (χ3n) is 3.53. The summed E-state index contributed by atoms with van der Waals surface area (Å²) in [5.74, 6) is -0.468. The molecular weight excluding hydrogens is 404 g/mol. The van der Waals surface area contributed by atoms with Gasteiger partial charge in [-0.15, -0.1) is 11.6 Å². The SMILES string of the molecule is O=C1CCc2cc(C(Cl)c3cccc(I)c3)c(F)cc2N1. The minimum absolute atomic E-state index is 0.0744. The van der Waals surface area contributed by atoms with E-state index in [1.165, 1.54) is 6.07 Å². The Hall–Kier alpha value is -1.14. The topological polar surface area (TPSA) is 29.1 Å². The summed E-state index contributed by atoms with van der Waals surface area (Å²) in [7, 11) is 0. The van der Waals surface area contributed by atoms with Crippen LogP contribution in [0.1, 0.15) is 28.5 Å². The molecule has 1 N–H and O–H groups in total. The summed E-state index contributed by atoms with van der Waals surface area (Å²) in [6.45, 7) is 0. The van der Waals surface area contributed by atoms with Gasteiger partial charge in [-0.05, 0) is 64.4 Å².